The number of carbonyl (C=O) groups is 2. The van der Waals surface area contributed by atoms with Crippen LogP contribution in [-0.4, -0.2) is 50.9 Å². The molecule has 0 unspecified atom stereocenters. The standard InChI is InChI=1S/C33H39Cl2N3O5S/c1-4-29(33(40)36-25-10-6-5-7-11-25)37(21-24-16-19-27(34)28(35)20-24)32(39)22-38(30-12-8-9-13-31(30)43-3)44(41,42)26-17-14-23(2)15-18-26/h8-9,12-20,25,29H,4-7,10-11,21-22H2,1-3H3,(H,36,40)/t29-/m0/s1. The van der Waals surface area contributed by atoms with Crippen molar-refractivity contribution in [2.24, 2.45) is 0 Å². The Bertz CT molecular complexity index is 1560. The molecule has 44 heavy (non-hydrogen) atoms. The lowest BCUT2D eigenvalue weighted by molar-refractivity contribution is -0.140. The van der Waals surface area contributed by atoms with Crippen molar-refractivity contribution < 1.29 is 22.7 Å². The molecule has 1 aliphatic carbocycles. The molecule has 1 aliphatic rings. The zero-order chi connectivity index (χ0) is 31.9. The van der Waals surface area contributed by atoms with Gasteiger partial charge in [0.15, 0.2) is 0 Å². The predicted molar refractivity (Wildman–Crippen MR) is 175 cm³/mol. The minimum atomic E-state index is -4.23. The van der Waals surface area contributed by atoms with E-state index >= 15 is 0 Å². The third-order valence-electron chi connectivity index (χ3n) is 7.92. The maximum Gasteiger partial charge on any atom is 0.264 e. The number of rotatable bonds is 12. The van der Waals surface area contributed by atoms with E-state index in [0.29, 0.717) is 22.0 Å². The molecule has 0 bridgehead atoms. The van der Waals surface area contributed by atoms with Gasteiger partial charge in [0.05, 0.1) is 27.7 Å². The van der Waals surface area contributed by atoms with E-state index in [9.17, 15) is 18.0 Å². The molecule has 236 valence electrons. The number of sulfonamides is 1. The van der Waals surface area contributed by atoms with Gasteiger partial charge in [-0.1, -0.05) is 85.3 Å². The predicted octanol–water partition coefficient (Wildman–Crippen LogP) is 6.76. The zero-order valence-electron chi connectivity index (χ0n) is 25.3. The number of nitrogens with zero attached hydrogens (tertiary/aromatic N) is 2. The lowest BCUT2D eigenvalue weighted by Crippen LogP contribution is -2.54. The number of methoxy groups -OCH3 is 1. The summed E-state index contributed by atoms with van der Waals surface area (Å²) in [6, 6.07) is 17.3. The molecule has 1 atom stereocenters. The van der Waals surface area contributed by atoms with Crippen molar-refractivity contribution in [2.45, 2.75) is 75.9 Å². The highest BCUT2D eigenvalue weighted by Gasteiger charge is 2.35. The second-order valence-electron chi connectivity index (χ2n) is 11.0. The summed E-state index contributed by atoms with van der Waals surface area (Å²) in [5.41, 5.74) is 1.76. The number of benzene rings is 3. The van der Waals surface area contributed by atoms with Crippen LogP contribution in [0.5, 0.6) is 5.75 Å². The van der Waals surface area contributed by atoms with Gasteiger partial charge in [0.1, 0.15) is 18.3 Å². The van der Waals surface area contributed by atoms with E-state index in [-0.39, 0.29) is 34.8 Å². The number of halogens is 2. The summed E-state index contributed by atoms with van der Waals surface area (Å²) in [5.74, 6) is -0.532. The second-order valence-corrected chi connectivity index (χ2v) is 13.7. The van der Waals surface area contributed by atoms with Crippen molar-refractivity contribution in [3.05, 3.63) is 87.9 Å². The van der Waals surface area contributed by atoms with Crippen LogP contribution in [0.15, 0.2) is 71.6 Å². The highest BCUT2D eigenvalue weighted by molar-refractivity contribution is 7.92. The van der Waals surface area contributed by atoms with Crippen LogP contribution in [0, 0.1) is 6.92 Å². The normalized spacial score (nSPS) is 14.5. The molecule has 1 N–H and O–H groups in total. The summed E-state index contributed by atoms with van der Waals surface area (Å²) in [7, 11) is -2.78. The molecule has 0 radical (unpaired) electrons. The van der Waals surface area contributed by atoms with E-state index < -0.39 is 28.5 Å². The quantitative estimate of drug-likeness (QED) is 0.232. The molecule has 2 amide bonds. The van der Waals surface area contributed by atoms with Gasteiger partial charge in [-0.15, -0.1) is 0 Å². The molecule has 1 saturated carbocycles. The molecule has 0 aromatic heterocycles. The molecule has 3 aromatic carbocycles. The first-order chi connectivity index (χ1) is 21.0. The molecule has 11 heteroatoms. The Morgan fingerprint density at radius 1 is 0.977 bits per heavy atom. The Labute approximate surface area is 270 Å². The van der Waals surface area contributed by atoms with Gasteiger partial charge in [-0.3, -0.25) is 13.9 Å². The van der Waals surface area contributed by atoms with Crippen LogP contribution < -0.4 is 14.4 Å². The van der Waals surface area contributed by atoms with E-state index in [4.69, 9.17) is 27.9 Å². The Hall–Kier alpha value is -3.27. The number of carbonyl (C=O) groups excluding carboxylic acids is 2. The Morgan fingerprint density at radius 3 is 2.30 bits per heavy atom. The molecule has 3 aromatic rings. The number of anilines is 1. The van der Waals surface area contributed by atoms with E-state index in [1.165, 1.54) is 24.1 Å². The summed E-state index contributed by atoms with van der Waals surface area (Å²) in [4.78, 5) is 29.5. The van der Waals surface area contributed by atoms with E-state index in [1.54, 1.807) is 54.6 Å². The van der Waals surface area contributed by atoms with Crippen LogP contribution in [0.1, 0.15) is 56.6 Å². The summed E-state index contributed by atoms with van der Waals surface area (Å²) in [6.07, 6.45) is 5.32. The molecule has 8 nitrogen and oxygen atoms in total. The number of hydrogen-bond donors (Lipinski definition) is 1. The number of nitrogens with one attached hydrogen (secondary N) is 1. The van der Waals surface area contributed by atoms with Crippen LogP contribution in [0.3, 0.4) is 0 Å². The maximum absolute atomic E-state index is 14.4. The topological polar surface area (TPSA) is 96.0 Å². The summed E-state index contributed by atoms with van der Waals surface area (Å²) < 4.78 is 34.8. The molecule has 0 spiro atoms. The average Bonchev–Trinajstić information content (AvgIpc) is 3.02. The van der Waals surface area contributed by atoms with E-state index in [0.717, 1.165) is 42.0 Å². The lowest BCUT2D eigenvalue weighted by atomic mass is 9.95. The third-order valence-corrected chi connectivity index (χ3v) is 10.4. The van der Waals surface area contributed by atoms with Gasteiger partial charge in [0.2, 0.25) is 11.8 Å². The van der Waals surface area contributed by atoms with Crippen molar-refractivity contribution in [1.82, 2.24) is 10.2 Å². The van der Waals surface area contributed by atoms with Crippen LogP contribution in [-0.2, 0) is 26.2 Å². The monoisotopic (exact) mass is 659 g/mol. The lowest BCUT2D eigenvalue weighted by Gasteiger charge is -2.34. The van der Waals surface area contributed by atoms with Gasteiger partial charge in [-0.05, 0) is 68.1 Å². The molecule has 1 fully saturated rings. The molecule has 0 aliphatic heterocycles. The molecular formula is C33H39Cl2N3O5S. The summed E-state index contributed by atoms with van der Waals surface area (Å²) in [6.45, 7) is 3.16. The van der Waals surface area contributed by atoms with Crippen LogP contribution in [0.4, 0.5) is 5.69 Å². The van der Waals surface area contributed by atoms with Gasteiger partial charge in [-0.25, -0.2) is 8.42 Å². The fraction of sp³-hybridized carbons (Fsp3) is 0.394. The fourth-order valence-electron chi connectivity index (χ4n) is 5.49. The van der Waals surface area contributed by atoms with Gasteiger partial charge in [0, 0.05) is 12.6 Å². The summed E-state index contributed by atoms with van der Waals surface area (Å²) in [5, 5.41) is 3.82. The second kappa shape index (κ2) is 15.1. The van der Waals surface area contributed by atoms with Gasteiger partial charge in [-0.2, -0.15) is 0 Å². The molecule has 4 rings (SSSR count). The van der Waals surface area contributed by atoms with Crippen LogP contribution in [0.25, 0.3) is 0 Å². The number of aryl methyl sites for hydroxylation is 1. The Kier molecular flexibility index (Phi) is 11.6. The van der Waals surface area contributed by atoms with Crippen molar-refractivity contribution in [2.75, 3.05) is 18.0 Å². The van der Waals surface area contributed by atoms with Crippen molar-refractivity contribution in [3.63, 3.8) is 0 Å². The first-order valence-electron chi connectivity index (χ1n) is 14.8. The third kappa shape index (κ3) is 8.06. The molecule has 0 heterocycles. The first-order valence-corrected chi connectivity index (χ1v) is 17.0. The smallest absolute Gasteiger partial charge is 0.264 e. The van der Waals surface area contributed by atoms with E-state index in [2.05, 4.69) is 5.32 Å². The van der Waals surface area contributed by atoms with Gasteiger partial charge >= 0.3 is 0 Å². The van der Waals surface area contributed by atoms with Gasteiger partial charge in [0.25, 0.3) is 10.0 Å². The summed E-state index contributed by atoms with van der Waals surface area (Å²) >= 11 is 12.5. The number of hydrogen-bond acceptors (Lipinski definition) is 5. The number of amides is 2. The maximum atomic E-state index is 14.4. The average molecular weight is 661 g/mol. The Morgan fingerprint density at radius 2 is 1.66 bits per heavy atom. The van der Waals surface area contributed by atoms with E-state index in [1.807, 2.05) is 13.8 Å². The highest BCUT2D eigenvalue weighted by atomic mass is 35.5. The first kappa shape index (κ1) is 33.6. The van der Waals surface area contributed by atoms with Crippen molar-refractivity contribution in [3.8, 4) is 5.75 Å². The minimum Gasteiger partial charge on any atom is -0.495 e. The van der Waals surface area contributed by atoms with Crippen LogP contribution >= 0.6 is 23.2 Å². The zero-order valence-corrected chi connectivity index (χ0v) is 27.6. The fourth-order valence-corrected chi connectivity index (χ4v) is 7.23. The van der Waals surface area contributed by atoms with Gasteiger partial charge < -0.3 is 15.0 Å². The van der Waals surface area contributed by atoms with Crippen molar-refractivity contribution >= 4 is 50.7 Å². The number of para-hydroxylation sites is 2. The molecular weight excluding hydrogens is 621 g/mol. The number of ether oxygens (including phenoxy) is 1. The minimum absolute atomic E-state index is 0.0245. The highest BCUT2D eigenvalue weighted by Crippen LogP contribution is 2.33. The SMILES string of the molecule is CC[C@@H](C(=O)NC1CCCCC1)N(Cc1ccc(Cl)c(Cl)c1)C(=O)CN(c1ccccc1OC)S(=O)(=O)c1ccc(C)cc1. The van der Waals surface area contributed by atoms with Crippen molar-refractivity contribution in [1.29, 1.82) is 0 Å². The van der Waals surface area contributed by atoms with Crippen LogP contribution in [0.2, 0.25) is 10.0 Å². The Balaban J connectivity index is 1.74. The molecule has 0 saturated heterocycles. The largest absolute Gasteiger partial charge is 0.495 e.